The maximum absolute atomic E-state index is 5.12. The monoisotopic (exact) mass is 219 g/mol. The molecule has 0 saturated carbocycles. The Morgan fingerprint density at radius 2 is 2.07 bits per heavy atom. The van der Waals surface area contributed by atoms with Crippen LogP contribution in [-0.2, 0) is 0 Å². The summed E-state index contributed by atoms with van der Waals surface area (Å²) in [6, 6.07) is 9.62. The zero-order valence-electron chi connectivity index (χ0n) is 8.10. The van der Waals surface area contributed by atoms with E-state index in [2.05, 4.69) is 15.5 Å². The maximum atomic E-state index is 5.12. The van der Waals surface area contributed by atoms with Gasteiger partial charge in [-0.3, -0.25) is 0 Å². The number of hydrogen-bond donors (Lipinski definition) is 1. The highest BCUT2D eigenvalue weighted by Gasteiger charge is 2.08. The van der Waals surface area contributed by atoms with Crippen LogP contribution in [-0.4, -0.2) is 15.1 Å². The second kappa shape index (κ2) is 4.18. The number of nitrogens with one attached hydrogen (secondary N) is 1. The summed E-state index contributed by atoms with van der Waals surface area (Å²) in [6.45, 7) is 1.72. The van der Waals surface area contributed by atoms with Gasteiger partial charge in [-0.15, -0.1) is 0 Å². The van der Waals surface area contributed by atoms with Crippen LogP contribution in [0.4, 0.5) is 5.69 Å². The summed E-state index contributed by atoms with van der Waals surface area (Å²) >= 11 is 5.12. The molecule has 0 amide bonds. The van der Waals surface area contributed by atoms with Gasteiger partial charge in [0.2, 0.25) is 11.7 Å². The highest BCUT2D eigenvalue weighted by molar-refractivity contribution is 7.81. The zero-order valence-corrected chi connectivity index (χ0v) is 8.91. The molecule has 0 unspecified atom stereocenters. The molecule has 2 aromatic rings. The molecule has 1 aromatic heterocycles. The lowest BCUT2D eigenvalue weighted by Crippen LogP contribution is -2.12. The van der Waals surface area contributed by atoms with Crippen molar-refractivity contribution in [1.29, 1.82) is 0 Å². The molecule has 15 heavy (non-hydrogen) atoms. The molecule has 0 atom stereocenters. The van der Waals surface area contributed by atoms with Gasteiger partial charge < -0.3 is 9.84 Å². The van der Waals surface area contributed by atoms with Crippen molar-refractivity contribution in [2.24, 2.45) is 0 Å². The Morgan fingerprint density at radius 1 is 1.33 bits per heavy atom. The van der Waals surface area contributed by atoms with Crippen LogP contribution in [0.3, 0.4) is 0 Å². The maximum Gasteiger partial charge on any atom is 0.230 e. The van der Waals surface area contributed by atoms with E-state index in [9.17, 15) is 0 Å². The lowest BCUT2D eigenvalue weighted by atomic mass is 10.3. The molecule has 1 N–H and O–H groups in total. The second-order valence-electron chi connectivity index (χ2n) is 2.96. The predicted molar refractivity (Wildman–Crippen MR) is 60.8 cm³/mol. The molecule has 0 radical (unpaired) electrons. The fourth-order valence-electron chi connectivity index (χ4n) is 1.10. The Morgan fingerprint density at radius 3 is 2.67 bits per heavy atom. The van der Waals surface area contributed by atoms with Crippen LogP contribution < -0.4 is 5.32 Å². The predicted octanol–water partition coefficient (Wildman–Crippen LogP) is 2.17. The third kappa shape index (κ3) is 2.38. The number of thiocarbonyl (C=S) groups is 1. The normalized spacial score (nSPS) is 9.93. The first-order valence-corrected chi connectivity index (χ1v) is 4.83. The molecule has 1 aromatic carbocycles. The Hall–Kier alpha value is -1.75. The summed E-state index contributed by atoms with van der Waals surface area (Å²) in [5, 5.41) is 6.74. The van der Waals surface area contributed by atoms with Crippen LogP contribution in [0.25, 0.3) is 0 Å². The van der Waals surface area contributed by atoms with Crippen molar-refractivity contribution in [3.63, 3.8) is 0 Å². The average Bonchev–Trinajstić information content (AvgIpc) is 2.66. The molecule has 0 bridgehead atoms. The molecule has 2 rings (SSSR count). The van der Waals surface area contributed by atoms with Crippen molar-refractivity contribution in [3.05, 3.63) is 42.0 Å². The largest absolute Gasteiger partial charge is 0.343 e. The Kier molecular flexibility index (Phi) is 2.73. The number of rotatable bonds is 2. The van der Waals surface area contributed by atoms with Crippen LogP contribution in [0.15, 0.2) is 34.9 Å². The molecular weight excluding hydrogens is 210 g/mol. The smallest absolute Gasteiger partial charge is 0.230 e. The van der Waals surface area contributed by atoms with Gasteiger partial charge in [-0.25, -0.2) is 0 Å². The quantitative estimate of drug-likeness (QED) is 0.784. The van der Waals surface area contributed by atoms with E-state index in [4.69, 9.17) is 16.7 Å². The summed E-state index contributed by atoms with van der Waals surface area (Å²) < 4.78 is 4.83. The minimum atomic E-state index is 0.409. The van der Waals surface area contributed by atoms with E-state index in [0.29, 0.717) is 16.7 Å². The van der Waals surface area contributed by atoms with Gasteiger partial charge in [0.25, 0.3) is 0 Å². The molecule has 5 heteroatoms. The molecule has 0 aliphatic carbocycles. The number of para-hydroxylation sites is 1. The van der Waals surface area contributed by atoms with Crippen molar-refractivity contribution in [1.82, 2.24) is 10.1 Å². The molecule has 0 spiro atoms. The molecule has 0 aliphatic heterocycles. The summed E-state index contributed by atoms with van der Waals surface area (Å²) in [5.74, 6) is 0.911. The standard InChI is InChI=1S/C10H9N3OS/c1-7-11-9(13-14-7)10(15)12-8-5-3-2-4-6-8/h2-6H,1H3,(H,12,15). The minimum Gasteiger partial charge on any atom is -0.343 e. The van der Waals surface area contributed by atoms with Gasteiger partial charge in [-0.1, -0.05) is 35.6 Å². The van der Waals surface area contributed by atoms with Crippen molar-refractivity contribution in [3.8, 4) is 0 Å². The third-order valence-electron chi connectivity index (χ3n) is 1.76. The van der Waals surface area contributed by atoms with E-state index in [1.54, 1.807) is 6.92 Å². The van der Waals surface area contributed by atoms with Crippen LogP contribution in [0.5, 0.6) is 0 Å². The molecular formula is C10H9N3OS. The lowest BCUT2D eigenvalue weighted by molar-refractivity contribution is 0.392. The van der Waals surface area contributed by atoms with Gasteiger partial charge in [0, 0.05) is 12.6 Å². The van der Waals surface area contributed by atoms with E-state index in [1.807, 2.05) is 30.3 Å². The van der Waals surface area contributed by atoms with E-state index in [-0.39, 0.29) is 0 Å². The van der Waals surface area contributed by atoms with Crippen molar-refractivity contribution in [2.75, 3.05) is 5.32 Å². The number of aromatic nitrogens is 2. The molecule has 76 valence electrons. The molecule has 4 nitrogen and oxygen atoms in total. The zero-order chi connectivity index (χ0) is 10.7. The Labute approximate surface area is 92.3 Å². The Bertz CT molecular complexity index is 467. The summed E-state index contributed by atoms with van der Waals surface area (Å²) in [5.41, 5.74) is 0.907. The highest BCUT2D eigenvalue weighted by Crippen LogP contribution is 2.07. The number of hydrogen-bond acceptors (Lipinski definition) is 4. The number of anilines is 1. The summed E-state index contributed by atoms with van der Waals surface area (Å²) in [6.07, 6.45) is 0. The Balaban J connectivity index is 2.11. The second-order valence-corrected chi connectivity index (χ2v) is 3.37. The van der Waals surface area contributed by atoms with Gasteiger partial charge in [0.15, 0.2) is 4.99 Å². The van der Waals surface area contributed by atoms with E-state index >= 15 is 0 Å². The minimum absolute atomic E-state index is 0.409. The molecule has 0 fully saturated rings. The third-order valence-corrected chi connectivity index (χ3v) is 2.05. The van der Waals surface area contributed by atoms with Crippen molar-refractivity contribution >= 4 is 22.9 Å². The first-order chi connectivity index (χ1) is 7.25. The average molecular weight is 219 g/mol. The molecule has 0 aliphatic rings. The fraction of sp³-hybridized carbons (Fsp3) is 0.100. The summed E-state index contributed by atoms with van der Waals surface area (Å²) in [7, 11) is 0. The fourth-order valence-corrected chi connectivity index (χ4v) is 1.30. The van der Waals surface area contributed by atoms with E-state index in [1.165, 1.54) is 0 Å². The SMILES string of the molecule is Cc1nc(C(=S)Nc2ccccc2)no1. The van der Waals surface area contributed by atoms with Gasteiger partial charge in [0.05, 0.1) is 0 Å². The van der Waals surface area contributed by atoms with Gasteiger partial charge in [-0.05, 0) is 12.1 Å². The number of benzene rings is 1. The first-order valence-electron chi connectivity index (χ1n) is 4.42. The van der Waals surface area contributed by atoms with Crippen LogP contribution >= 0.6 is 12.2 Å². The van der Waals surface area contributed by atoms with Crippen LogP contribution in [0.2, 0.25) is 0 Å². The van der Waals surface area contributed by atoms with Gasteiger partial charge in [0.1, 0.15) is 0 Å². The van der Waals surface area contributed by atoms with Crippen LogP contribution in [0, 0.1) is 6.92 Å². The van der Waals surface area contributed by atoms with Crippen molar-refractivity contribution < 1.29 is 4.52 Å². The summed E-state index contributed by atoms with van der Waals surface area (Å²) in [4.78, 5) is 4.48. The van der Waals surface area contributed by atoms with Crippen molar-refractivity contribution in [2.45, 2.75) is 6.92 Å². The van der Waals surface area contributed by atoms with Gasteiger partial charge in [-0.2, -0.15) is 4.98 Å². The van der Waals surface area contributed by atoms with E-state index < -0.39 is 0 Å². The van der Waals surface area contributed by atoms with E-state index in [0.717, 1.165) is 5.69 Å². The highest BCUT2D eigenvalue weighted by atomic mass is 32.1. The number of aryl methyl sites for hydroxylation is 1. The molecule has 1 heterocycles. The molecule has 0 saturated heterocycles. The number of nitrogens with zero attached hydrogens (tertiary/aromatic N) is 2. The van der Waals surface area contributed by atoms with Gasteiger partial charge >= 0.3 is 0 Å². The lowest BCUT2D eigenvalue weighted by Gasteiger charge is -2.02. The van der Waals surface area contributed by atoms with Crippen LogP contribution in [0.1, 0.15) is 11.7 Å². The topological polar surface area (TPSA) is 51.0 Å². The first kappa shape index (κ1) is 9.79.